The van der Waals surface area contributed by atoms with E-state index < -0.39 is 27.5 Å². The van der Waals surface area contributed by atoms with Gasteiger partial charge in [-0.15, -0.1) is 0 Å². The van der Waals surface area contributed by atoms with Crippen LogP contribution in [0, 0.1) is 0 Å². The van der Waals surface area contributed by atoms with Gasteiger partial charge in [0, 0.05) is 40.4 Å². The summed E-state index contributed by atoms with van der Waals surface area (Å²) in [4.78, 5) is 8.19. The molecule has 0 amide bonds. The monoisotopic (exact) mass is 579 g/mol. The fraction of sp³-hybridized carbons (Fsp3) is 0.250. The second-order valence-corrected chi connectivity index (χ2v) is 11.2. The third kappa shape index (κ3) is 4.72. The molecule has 5 rings (SSSR count). The minimum atomic E-state index is -4.75. The van der Waals surface area contributed by atoms with E-state index in [1.165, 1.54) is 18.3 Å². The molecule has 4 aromatic rings. The number of anilines is 1. The Kier molecular flexibility index (Phi) is 6.52. The van der Waals surface area contributed by atoms with Crippen molar-refractivity contribution in [1.82, 2.24) is 19.3 Å². The van der Waals surface area contributed by atoms with Crippen LogP contribution in [0.15, 0.2) is 70.3 Å². The Morgan fingerprint density at radius 3 is 2.61 bits per heavy atom. The molecule has 36 heavy (non-hydrogen) atoms. The maximum absolute atomic E-state index is 14.1. The summed E-state index contributed by atoms with van der Waals surface area (Å²) < 4.78 is 70.7. The van der Waals surface area contributed by atoms with E-state index in [2.05, 4.69) is 36.5 Å². The van der Waals surface area contributed by atoms with Crippen molar-refractivity contribution in [3.63, 3.8) is 0 Å². The van der Waals surface area contributed by atoms with Crippen LogP contribution >= 0.6 is 15.9 Å². The van der Waals surface area contributed by atoms with Crippen LogP contribution in [0.5, 0.6) is 0 Å². The van der Waals surface area contributed by atoms with Gasteiger partial charge in [-0.3, -0.25) is 0 Å². The summed E-state index contributed by atoms with van der Waals surface area (Å²) in [6.45, 7) is 1.52. The number of fused-ring (bicyclic) bond motifs is 1. The third-order valence-corrected chi connectivity index (χ3v) is 8.19. The van der Waals surface area contributed by atoms with Gasteiger partial charge in [0.1, 0.15) is 5.56 Å². The van der Waals surface area contributed by atoms with E-state index in [4.69, 9.17) is 0 Å². The van der Waals surface area contributed by atoms with E-state index >= 15 is 0 Å². The number of hydrogen-bond donors (Lipinski definition) is 2. The van der Waals surface area contributed by atoms with E-state index in [1.54, 1.807) is 36.4 Å². The van der Waals surface area contributed by atoms with E-state index in [9.17, 15) is 21.6 Å². The molecule has 2 aromatic carbocycles. The second-order valence-electron chi connectivity index (χ2n) is 8.46. The van der Waals surface area contributed by atoms with Gasteiger partial charge in [0.05, 0.1) is 16.1 Å². The molecule has 0 aliphatic carbocycles. The first-order valence-corrected chi connectivity index (χ1v) is 13.4. The summed E-state index contributed by atoms with van der Waals surface area (Å²) in [7, 11) is -4.10. The first-order valence-electron chi connectivity index (χ1n) is 11.2. The van der Waals surface area contributed by atoms with Crippen LogP contribution in [0.3, 0.4) is 0 Å². The quantitative estimate of drug-likeness (QED) is 0.334. The lowest BCUT2D eigenvalue weighted by atomic mass is 10.1. The predicted octanol–water partition coefficient (Wildman–Crippen LogP) is 5.28. The van der Waals surface area contributed by atoms with Crippen molar-refractivity contribution in [2.75, 3.05) is 18.4 Å². The maximum atomic E-state index is 14.1. The van der Waals surface area contributed by atoms with Crippen molar-refractivity contribution in [3.05, 3.63) is 71.0 Å². The number of piperidine rings is 1. The number of halogens is 4. The van der Waals surface area contributed by atoms with Gasteiger partial charge < -0.3 is 10.6 Å². The molecule has 0 radical (unpaired) electrons. The lowest BCUT2D eigenvalue weighted by Crippen LogP contribution is -2.38. The van der Waals surface area contributed by atoms with Crippen molar-refractivity contribution in [3.8, 4) is 11.3 Å². The van der Waals surface area contributed by atoms with Gasteiger partial charge in [0.25, 0.3) is 10.0 Å². The highest BCUT2D eigenvalue weighted by molar-refractivity contribution is 9.10. The Morgan fingerprint density at radius 1 is 1.14 bits per heavy atom. The zero-order valence-electron chi connectivity index (χ0n) is 18.8. The first-order chi connectivity index (χ1) is 17.1. The molecule has 0 unspecified atom stereocenters. The highest BCUT2D eigenvalue weighted by Gasteiger charge is 2.37. The van der Waals surface area contributed by atoms with Crippen LogP contribution in [-0.4, -0.2) is 41.5 Å². The number of hydrogen-bond acceptors (Lipinski definition) is 6. The highest BCUT2D eigenvalue weighted by Crippen LogP contribution is 2.40. The molecule has 12 heteroatoms. The molecule has 1 aliphatic heterocycles. The smallest absolute Gasteiger partial charge is 0.350 e. The standard InChI is InChI=1S/C24H21BrF3N5O2S/c25-15-8-9-18-19(14-33(21(18)11-15)36(34,35)17-6-2-1-3-7-17)22-20(24(26,27)28)13-30-23(32-22)31-16-5-4-10-29-12-16/h1-3,6-9,11,13-14,16,29H,4-5,10,12H2,(H,30,31,32)/t16-/m0/s1. The van der Waals surface area contributed by atoms with Crippen molar-refractivity contribution in [1.29, 1.82) is 0 Å². The van der Waals surface area contributed by atoms with Gasteiger partial charge in [-0.25, -0.2) is 22.4 Å². The van der Waals surface area contributed by atoms with Crippen molar-refractivity contribution >= 4 is 42.8 Å². The fourth-order valence-corrected chi connectivity index (χ4v) is 6.02. The molecule has 1 fully saturated rings. The van der Waals surface area contributed by atoms with Gasteiger partial charge in [-0.1, -0.05) is 40.2 Å². The zero-order valence-corrected chi connectivity index (χ0v) is 21.2. The minimum Gasteiger partial charge on any atom is -0.350 e. The number of nitrogens with one attached hydrogen (secondary N) is 2. The molecular formula is C24H21BrF3N5O2S. The summed E-state index contributed by atoms with van der Waals surface area (Å²) in [5, 5.41) is 6.65. The molecular weight excluding hydrogens is 559 g/mol. The molecule has 2 aromatic heterocycles. The fourth-order valence-electron chi connectivity index (χ4n) is 4.29. The van der Waals surface area contributed by atoms with E-state index in [-0.39, 0.29) is 28.0 Å². The topological polar surface area (TPSA) is 88.9 Å². The van der Waals surface area contributed by atoms with E-state index in [0.717, 1.165) is 29.6 Å². The Hall–Kier alpha value is -2.96. The summed E-state index contributed by atoms with van der Waals surface area (Å²) >= 11 is 3.34. The molecule has 1 atom stereocenters. The normalized spacial score (nSPS) is 16.8. The van der Waals surface area contributed by atoms with Crippen LogP contribution < -0.4 is 10.6 Å². The van der Waals surface area contributed by atoms with Gasteiger partial charge in [0.15, 0.2) is 0 Å². The molecule has 188 valence electrons. The predicted molar refractivity (Wildman–Crippen MR) is 134 cm³/mol. The molecule has 7 nitrogen and oxygen atoms in total. The summed E-state index contributed by atoms with van der Waals surface area (Å²) in [6, 6.07) is 12.5. The second kappa shape index (κ2) is 9.49. The van der Waals surface area contributed by atoms with Gasteiger partial charge in [0.2, 0.25) is 5.95 Å². The van der Waals surface area contributed by atoms with Crippen molar-refractivity contribution in [2.45, 2.75) is 30.0 Å². The SMILES string of the molecule is O=S(=O)(c1ccccc1)n1cc(-c2nc(N[C@H]3CCCNC3)ncc2C(F)(F)F)c2ccc(Br)cc21. The zero-order chi connectivity index (χ0) is 25.5. The molecule has 0 bridgehead atoms. The van der Waals surface area contributed by atoms with E-state index in [0.29, 0.717) is 16.4 Å². The van der Waals surface area contributed by atoms with Crippen LogP contribution in [0.1, 0.15) is 18.4 Å². The molecule has 1 aliphatic rings. The Labute approximate surface area is 213 Å². The number of aromatic nitrogens is 3. The number of alkyl halides is 3. The molecule has 1 saturated heterocycles. The van der Waals surface area contributed by atoms with Gasteiger partial charge in [-0.2, -0.15) is 13.2 Å². The summed E-state index contributed by atoms with van der Waals surface area (Å²) in [6.07, 6.45) is -1.06. The first kappa shape index (κ1) is 24.7. The largest absolute Gasteiger partial charge is 0.419 e. The highest BCUT2D eigenvalue weighted by atomic mass is 79.9. The Bertz CT molecular complexity index is 1520. The van der Waals surface area contributed by atoms with Crippen LogP contribution in [0.4, 0.5) is 19.1 Å². The molecule has 0 spiro atoms. The lowest BCUT2D eigenvalue weighted by Gasteiger charge is -2.24. The number of rotatable bonds is 5. The maximum Gasteiger partial charge on any atom is 0.419 e. The van der Waals surface area contributed by atoms with Crippen LogP contribution in [0.25, 0.3) is 22.2 Å². The van der Waals surface area contributed by atoms with Crippen LogP contribution in [-0.2, 0) is 16.2 Å². The Balaban J connectivity index is 1.71. The molecule has 0 saturated carbocycles. The summed E-state index contributed by atoms with van der Waals surface area (Å²) in [5.74, 6) is 0.0515. The third-order valence-electron chi connectivity index (χ3n) is 6.01. The molecule has 3 heterocycles. The van der Waals surface area contributed by atoms with Crippen LogP contribution in [0.2, 0.25) is 0 Å². The Morgan fingerprint density at radius 2 is 1.92 bits per heavy atom. The average Bonchev–Trinajstić information content (AvgIpc) is 3.24. The van der Waals surface area contributed by atoms with Gasteiger partial charge >= 0.3 is 6.18 Å². The molecule has 2 N–H and O–H groups in total. The average molecular weight is 580 g/mol. The van der Waals surface area contributed by atoms with E-state index in [1.807, 2.05) is 0 Å². The number of nitrogens with zero attached hydrogens (tertiary/aromatic N) is 3. The van der Waals surface area contributed by atoms with Crippen molar-refractivity contribution in [2.24, 2.45) is 0 Å². The lowest BCUT2D eigenvalue weighted by molar-refractivity contribution is -0.137. The minimum absolute atomic E-state index is 0.0133. The number of benzene rings is 2. The van der Waals surface area contributed by atoms with Gasteiger partial charge in [-0.05, 0) is 43.7 Å². The summed E-state index contributed by atoms with van der Waals surface area (Å²) in [5.41, 5.74) is -1.18. The van der Waals surface area contributed by atoms with Crippen molar-refractivity contribution < 1.29 is 21.6 Å².